The molecule has 8 nitrogen and oxygen atoms in total. The van der Waals surface area contributed by atoms with E-state index >= 15 is 0 Å². The Hall–Kier alpha value is -4.07. The zero-order chi connectivity index (χ0) is 26.6. The fourth-order valence-corrected chi connectivity index (χ4v) is 3.82. The van der Waals surface area contributed by atoms with Crippen molar-refractivity contribution in [1.29, 1.82) is 0 Å². The highest BCUT2D eigenvalue weighted by Crippen LogP contribution is 2.14. The van der Waals surface area contributed by atoms with Crippen LogP contribution in [0.3, 0.4) is 0 Å². The zero-order valence-electron chi connectivity index (χ0n) is 21.7. The minimum atomic E-state index is -0.417. The molecular formula is C29H35N3O5. The molecule has 0 spiro atoms. The lowest BCUT2D eigenvalue weighted by atomic mass is 10.1. The van der Waals surface area contributed by atoms with E-state index in [-0.39, 0.29) is 31.0 Å². The van der Waals surface area contributed by atoms with Crippen molar-refractivity contribution in [3.63, 3.8) is 0 Å². The summed E-state index contributed by atoms with van der Waals surface area (Å²) in [6, 6.07) is 19.7. The number of hydrogen-bond donors (Lipinski definition) is 1. The number of hydrogen-bond acceptors (Lipinski definition) is 5. The van der Waals surface area contributed by atoms with E-state index in [1.54, 1.807) is 48.4 Å². The molecule has 0 fully saturated rings. The van der Waals surface area contributed by atoms with Crippen molar-refractivity contribution < 1.29 is 23.5 Å². The van der Waals surface area contributed by atoms with Crippen molar-refractivity contribution in [1.82, 2.24) is 9.80 Å². The molecule has 3 aromatic rings. The van der Waals surface area contributed by atoms with Crippen molar-refractivity contribution in [2.45, 2.75) is 33.7 Å². The number of amides is 3. The van der Waals surface area contributed by atoms with Gasteiger partial charge in [0.15, 0.2) is 0 Å². The average Bonchev–Trinajstić information content (AvgIpc) is 3.40. The van der Waals surface area contributed by atoms with Crippen molar-refractivity contribution in [3.8, 4) is 0 Å². The molecule has 0 saturated carbocycles. The van der Waals surface area contributed by atoms with E-state index in [2.05, 4.69) is 5.32 Å². The van der Waals surface area contributed by atoms with Gasteiger partial charge in [-0.15, -0.1) is 0 Å². The van der Waals surface area contributed by atoms with Gasteiger partial charge in [-0.05, 0) is 61.2 Å². The summed E-state index contributed by atoms with van der Waals surface area (Å²) >= 11 is 0. The second kappa shape index (κ2) is 13.9. The highest BCUT2D eigenvalue weighted by Gasteiger charge is 2.23. The van der Waals surface area contributed by atoms with E-state index in [0.717, 1.165) is 5.56 Å². The molecule has 2 aromatic carbocycles. The van der Waals surface area contributed by atoms with Crippen LogP contribution in [0.4, 0.5) is 10.5 Å². The number of nitrogens with zero attached hydrogens (tertiary/aromatic N) is 2. The van der Waals surface area contributed by atoms with Crippen LogP contribution in [-0.2, 0) is 22.5 Å². The maximum absolute atomic E-state index is 13.4. The summed E-state index contributed by atoms with van der Waals surface area (Å²) in [7, 11) is 0. The summed E-state index contributed by atoms with van der Waals surface area (Å²) in [5.41, 5.74) is 2.06. The topological polar surface area (TPSA) is 92.1 Å². The number of rotatable bonds is 12. The fraction of sp³-hybridized carbons (Fsp3) is 0.345. The van der Waals surface area contributed by atoms with Crippen molar-refractivity contribution in [3.05, 3.63) is 89.9 Å². The monoisotopic (exact) mass is 505 g/mol. The standard InChI is InChI=1S/C29H35N3O5/c1-4-36-28(34)24-12-14-25(15-13-24)30-29(35)32(19-22(2)3)21-27(33)31(20-26-11-8-18-37-26)17-16-23-9-6-5-7-10-23/h5-15,18,22H,4,16-17,19-21H2,1-3H3,(H,30,35). The minimum Gasteiger partial charge on any atom is -0.467 e. The van der Waals surface area contributed by atoms with Gasteiger partial charge in [-0.1, -0.05) is 44.2 Å². The van der Waals surface area contributed by atoms with Crippen molar-refractivity contribution in [2.24, 2.45) is 5.92 Å². The van der Waals surface area contributed by atoms with Gasteiger partial charge >= 0.3 is 12.0 Å². The maximum Gasteiger partial charge on any atom is 0.338 e. The van der Waals surface area contributed by atoms with Gasteiger partial charge in [0, 0.05) is 18.8 Å². The van der Waals surface area contributed by atoms with Gasteiger partial charge in [0.25, 0.3) is 0 Å². The van der Waals surface area contributed by atoms with E-state index in [1.165, 1.54) is 4.90 Å². The summed E-state index contributed by atoms with van der Waals surface area (Å²) in [6.45, 7) is 7.18. The normalized spacial score (nSPS) is 10.7. The Kier molecular flexibility index (Phi) is 10.3. The van der Waals surface area contributed by atoms with Crippen LogP contribution in [0.25, 0.3) is 0 Å². The lowest BCUT2D eigenvalue weighted by Gasteiger charge is -2.28. The van der Waals surface area contributed by atoms with Crippen LogP contribution in [-0.4, -0.2) is 53.9 Å². The fourth-order valence-electron chi connectivity index (χ4n) is 3.82. The molecule has 0 saturated heterocycles. The summed E-state index contributed by atoms with van der Waals surface area (Å²) in [5, 5.41) is 2.84. The Morgan fingerprint density at radius 1 is 0.946 bits per heavy atom. The first-order valence-corrected chi connectivity index (χ1v) is 12.5. The van der Waals surface area contributed by atoms with Crippen LogP contribution < -0.4 is 5.32 Å². The number of furan rings is 1. The number of ether oxygens (including phenoxy) is 1. The maximum atomic E-state index is 13.4. The highest BCUT2D eigenvalue weighted by atomic mass is 16.5. The molecule has 0 unspecified atom stereocenters. The number of urea groups is 1. The molecule has 8 heteroatoms. The molecule has 3 amide bonds. The zero-order valence-corrected chi connectivity index (χ0v) is 21.7. The lowest BCUT2D eigenvalue weighted by Crippen LogP contribution is -2.46. The Bertz CT molecular complexity index is 1130. The van der Waals surface area contributed by atoms with Gasteiger partial charge in [-0.2, -0.15) is 0 Å². The smallest absolute Gasteiger partial charge is 0.338 e. The van der Waals surface area contributed by atoms with Crippen LogP contribution in [0, 0.1) is 5.92 Å². The predicted molar refractivity (Wildman–Crippen MR) is 142 cm³/mol. The number of anilines is 1. The van der Waals surface area contributed by atoms with E-state index in [4.69, 9.17) is 9.15 Å². The van der Waals surface area contributed by atoms with Crippen LogP contribution in [0.5, 0.6) is 0 Å². The van der Waals surface area contributed by atoms with Gasteiger partial charge in [0.1, 0.15) is 12.3 Å². The molecule has 37 heavy (non-hydrogen) atoms. The molecular weight excluding hydrogens is 470 g/mol. The van der Waals surface area contributed by atoms with E-state index in [1.807, 2.05) is 50.2 Å². The highest BCUT2D eigenvalue weighted by molar-refractivity contribution is 5.94. The van der Waals surface area contributed by atoms with Crippen LogP contribution in [0.1, 0.15) is 42.5 Å². The van der Waals surface area contributed by atoms with Crippen molar-refractivity contribution >= 4 is 23.6 Å². The molecule has 1 heterocycles. The van der Waals surface area contributed by atoms with Crippen LogP contribution in [0.2, 0.25) is 0 Å². The molecule has 0 aliphatic rings. The summed E-state index contributed by atoms with van der Waals surface area (Å²) in [6.07, 6.45) is 2.28. The number of benzene rings is 2. The second-order valence-electron chi connectivity index (χ2n) is 9.13. The van der Waals surface area contributed by atoms with Crippen LogP contribution in [0.15, 0.2) is 77.4 Å². The Morgan fingerprint density at radius 3 is 2.30 bits per heavy atom. The van der Waals surface area contributed by atoms with Crippen LogP contribution >= 0.6 is 0 Å². The van der Waals surface area contributed by atoms with E-state index in [0.29, 0.717) is 43.1 Å². The molecule has 1 N–H and O–H groups in total. The Morgan fingerprint density at radius 2 is 1.68 bits per heavy atom. The number of carbonyl (C=O) groups excluding carboxylic acids is 3. The number of nitrogens with one attached hydrogen (secondary N) is 1. The molecule has 0 bridgehead atoms. The molecule has 3 rings (SSSR count). The quantitative estimate of drug-likeness (QED) is 0.341. The van der Waals surface area contributed by atoms with Gasteiger partial charge in [0.2, 0.25) is 5.91 Å². The number of esters is 1. The third kappa shape index (κ3) is 8.83. The second-order valence-corrected chi connectivity index (χ2v) is 9.13. The predicted octanol–water partition coefficient (Wildman–Crippen LogP) is 5.22. The third-order valence-electron chi connectivity index (χ3n) is 5.64. The van der Waals surface area contributed by atoms with E-state index < -0.39 is 5.97 Å². The molecule has 0 aliphatic carbocycles. The average molecular weight is 506 g/mol. The molecule has 1 aromatic heterocycles. The number of carbonyl (C=O) groups is 3. The lowest BCUT2D eigenvalue weighted by molar-refractivity contribution is -0.132. The molecule has 0 aliphatic heterocycles. The first kappa shape index (κ1) is 27.5. The SMILES string of the molecule is CCOC(=O)c1ccc(NC(=O)N(CC(=O)N(CCc2ccccc2)Cc2ccco2)CC(C)C)cc1. The molecule has 0 atom stereocenters. The van der Waals surface area contributed by atoms with Crippen molar-refractivity contribution in [2.75, 3.05) is 31.6 Å². The Balaban J connectivity index is 1.69. The molecule has 196 valence electrons. The third-order valence-corrected chi connectivity index (χ3v) is 5.64. The largest absolute Gasteiger partial charge is 0.467 e. The minimum absolute atomic E-state index is 0.0690. The Labute approximate surface area is 218 Å². The first-order chi connectivity index (χ1) is 17.9. The molecule has 0 radical (unpaired) electrons. The summed E-state index contributed by atoms with van der Waals surface area (Å²) < 4.78 is 10.5. The van der Waals surface area contributed by atoms with Gasteiger partial charge in [-0.3, -0.25) is 4.79 Å². The van der Waals surface area contributed by atoms with Gasteiger partial charge < -0.3 is 24.3 Å². The summed E-state index contributed by atoms with van der Waals surface area (Å²) in [4.78, 5) is 41.7. The van der Waals surface area contributed by atoms with Gasteiger partial charge in [0.05, 0.1) is 25.0 Å². The van der Waals surface area contributed by atoms with E-state index in [9.17, 15) is 14.4 Å². The summed E-state index contributed by atoms with van der Waals surface area (Å²) in [5.74, 6) is 0.260. The van der Waals surface area contributed by atoms with Gasteiger partial charge in [-0.25, -0.2) is 9.59 Å². The first-order valence-electron chi connectivity index (χ1n) is 12.5.